The van der Waals surface area contributed by atoms with E-state index in [2.05, 4.69) is 13.8 Å². The molecule has 1 aromatic rings. The van der Waals surface area contributed by atoms with Crippen LogP contribution in [-0.4, -0.2) is 34.9 Å². The van der Waals surface area contributed by atoms with E-state index >= 15 is 0 Å². The molecule has 0 saturated carbocycles. The highest BCUT2D eigenvalue weighted by atomic mass is 32.2. The Morgan fingerprint density at radius 3 is 2.71 bits per heavy atom. The minimum absolute atomic E-state index is 0.177. The molecule has 1 fully saturated rings. The number of hydrogen-bond donors (Lipinski definition) is 0. The quantitative estimate of drug-likeness (QED) is 0.803. The predicted octanol–water partition coefficient (Wildman–Crippen LogP) is 2.90. The van der Waals surface area contributed by atoms with Crippen LogP contribution in [0.4, 0.5) is 0 Å². The van der Waals surface area contributed by atoms with Crippen molar-refractivity contribution < 1.29 is 4.79 Å². The molecule has 92 valence electrons. The molecule has 0 spiro atoms. The molecule has 1 aliphatic heterocycles. The normalized spacial score (nSPS) is 20.6. The molecule has 0 aliphatic carbocycles. The van der Waals surface area contributed by atoms with Gasteiger partial charge < -0.3 is 4.90 Å². The second kappa shape index (κ2) is 5.58. The number of benzene rings is 1. The highest BCUT2D eigenvalue weighted by Crippen LogP contribution is 2.25. The van der Waals surface area contributed by atoms with Crippen LogP contribution in [0.25, 0.3) is 0 Å². The molecule has 1 amide bonds. The molecule has 0 bridgehead atoms. The minimum Gasteiger partial charge on any atom is -0.337 e. The fourth-order valence-corrected chi connectivity index (χ4v) is 3.33. The van der Waals surface area contributed by atoms with Crippen molar-refractivity contribution in [3.63, 3.8) is 0 Å². The second-order valence-corrected chi connectivity index (χ2v) is 6.12. The van der Waals surface area contributed by atoms with Gasteiger partial charge in [-0.05, 0) is 18.1 Å². The Labute approximate surface area is 107 Å². The standard InChI is InChI=1S/C14H19NOS/c1-11(2)13-10-15(8-9-17-13)14(16)12-6-4-3-5-7-12/h3-7,11,13H,8-10H2,1-2H3. The molecule has 0 N–H and O–H groups in total. The Balaban J connectivity index is 2.05. The maximum atomic E-state index is 12.3. The number of nitrogens with zero attached hydrogens (tertiary/aromatic N) is 1. The lowest BCUT2D eigenvalue weighted by Gasteiger charge is -2.34. The van der Waals surface area contributed by atoms with E-state index in [-0.39, 0.29) is 5.91 Å². The highest BCUT2D eigenvalue weighted by molar-refractivity contribution is 8.00. The first-order valence-electron chi connectivity index (χ1n) is 6.14. The first-order chi connectivity index (χ1) is 8.18. The van der Waals surface area contributed by atoms with Gasteiger partial charge in [-0.2, -0.15) is 11.8 Å². The van der Waals surface area contributed by atoms with Gasteiger partial charge in [0, 0.05) is 29.7 Å². The smallest absolute Gasteiger partial charge is 0.253 e. The lowest BCUT2D eigenvalue weighted by Crippen LogP contribution is -2.43. The van der Waals surface area contributed by atoms with E-state index in [1.54, 1.807) is 0 Å². The Morgan fingerprint density at radius 1 is 1.35 bits per heavy atom. The van der Waals surface area contributed by atoms with E-state index in [4.69, 9.17) is 0 Å². The number of amides is 1. The molecule has 1 unspecified atom stereocenters. The van der Waals surface area contributed by atoms with Crippen molar-refractivity contribution in [3.05, 3.63) is 35.9 Å². The third-order valence-electron chi connectivity index (χ3n) is 3.14. The van der Waals surface area contributed by atoms with Crippen LogP contribution in [-0.2, 0) is 0 Å². The first-order valence-corrected chi connectivity index (χ1v) is 7.19. The lowest BCUT2D eigenvalue weighted by molar-refractivity contribution is 0.0756. The van der Waals surface area contributed by atoms with E-state index in [1.165, 1.54) is 0 Å². The molecule has 1 aromatic carbocycles. The van der Waals surface area contributed by atoms with Crippen molar-refractivity contribution in [2.75, 3.05) is 18.8 Å². The number of hydrogen-bond acceptors (Lipinski definition) is 2. The van der Waals surface area contributed by atoms with Crippen molar-refractivity contribution in [1.29, 1.82) is 0 Å². The van der Waals surface area contributed by atoms with Crippen LogP contribution < -0.4 is 0 Å². The van der Waals surface area contributed by atoms with Gasteiger partial charge in [0.05, 0.1) is 0 Å². The largest absolute Gasteiger partial charge is 0.337 e. The maximum absolute atomic E-state index is 12.3. The highest BCUT2D eigenvalue weighted by Gasteiger charge is 2.26. The zero-order valence-electron chi connectivity index (χ0n) is 10.4. The van der Waals surface area contributed by atoms with Crippen LogP contribution in [0.1, 0.15) is 24.2 Å². The molecular weight excluding hydrogens is 230 g/mol. The Kier molecular flexibility index (Phi) is 4.11. The summed E-state index contributed by atoms with van der Waals surface area (Å²) < 4.78 is 0. The molecule has 1 saturated heterocycles. The van der Waals surface area contributed by atoms with Crippen LogP contribution in [0.15, 0.2) is 30.3 Å². The summed E-state index contributed by atoms with van der Waals surface area (Å²) in [5, 5.41) is 0.580. The zero-order valence-corrected chi connectivity index (χ0v) is 11.2. The molecule has 17 heavy (non-hydrogen) atoms. The van der Waals surface area contributed by atoms with Gasteiger partial charge >= 0.3 is 0 Å². The monoisotopic (exact) mass is 249 g/mol. The Hall–Kier alpha value is -0.960. The fraction of sp³-hybridized carbons (Fsp3) is 0.500. The van der Waals surface area contributed by atoms with E-state index < -0.39 is 0 Å². The summed E-state index contributed by atoms with van der Waals surface area (Å²) in [5.74, 6) is 1.87. The van der Waals surface area contributed by atoms with E-state index in [0.29, 0.717) is 11.2 Å². The van der Waals surface area contributed by atoms with Gasteiger partial charge in [0.25, 0.3) is 5.91 Å². The topological polar surface area (TPSA) is 20.3 Å². The van der Waals surface area contributed by atoms with Crippen molar-refractivity contribution in [1.82, 2.24) is 4.90 Å². The predicted molar refractivity (Wildman–Crippen MR) is 73.4 cm³/mol. The van der Waals surface area contributed by atoms with Crippen molar-refractivity contribution in [2.24, 2.45) is 5.92 Å². The molecule has 1 aliphatic rings. The lowest BCUT2D eigenvalue weighted by atomic mass is 10.1. The second-order valence-electron chi connectivity index (χ2n) is 4.77. The van der Waals surface area contributed by atoms with Crippen LogP contribution in [0.3, 0.4) is 0 Å². The average molecular weight is 249 g/mol. The molecule has 2 nitrogen and oxygen atoms in total. The van der Waals surface area contributed by atoms with Crippen LogP contribution in [0.2, 0.25) is 0 Å². The fourth-order valence-electron chi connectivity index (χ4n) is 2.03. The van der Waals surface area contributed by atoms with Crippen molar-refractivity contribution in [2.45, 2.75) is 19.1 Å². The van der Waals surface area contributed by atoms with Crippen molar-refractivity contribution in [3.8, 4) is 0 Å². The zero-order chi connectivity index (χ0) is 12.3. The van der Waals surface area contributed by atoms with Gasteiger partial charge in [-0.1, -0.05) is 32.0 Å². The van der Waals surface area contributed by atoms with E-state index in [0.717, 1.165) is 24.4 Å². The van der Waals surface area contributed by atoms with Gasteiger partial charge in [-0.25, -0.2) is 0 Å². The molecule has 2 rings (SSSR count). The Morgan fingerprint density at radius 2 is 2.06 bits per heavy atom. The van der Waals surface area contributed by atoms with Gasteiger partial charge in [0.15, 0.2) is 0 Å². The SMILES string of the molecule is CC(C)C1CN(C(=O)c2ccccc2)CCS1. The molecule has 1 heterocycles. The third kappa shape index (κ3) is 3.03. The number of rotatable bonds is 2. The molecule has 1 atom stereocenters. The summed E-state index contributed by atoms with van der Waals surface area (Å²) in [6.45, 7) is 6.22. The number of carbonyl (C=O) groups excluding carboxylic acids is 1. The van der Waals surface area contributed by atoms with Crippen LogP contribution in [0.5, 0.6) is 0 Å². The van der Waals surface area contributed by atoms with Crippen molar-refractivity contribution >= 4 is 17.7 Å². The minimum atomic E-state index is 0.177. The number of thioether (sulfide) groups is 1. The summed E-state index contributed by atoms with van der Waals surface area (Å²) in [7, 11) is 0. The van der Waals surface area contributed by atoms with E-state index in [1.807, 2.05) is 47.0 Å². The third-order valence-corrected chi connectivity index (χ3v) is 4.68. The van der Waals surface area contributed by atoms with Crippen LogP contribution in [0, 0.1) is 5.92 Å². The summed E-state index contributed by atoms with van der Waals surface area (Å²) in [6.07, 6.45) is 0. The summed E-state index contributed by atoms with van der Waals surface area (Å²) in [4.78, 5) is 14.3. The number of carbonyl (C=O) groups is 1. The van der Waals surface area contributed by atoms with Crippen LogP contribution >= 0.6 is 11.8 Å². The molecule has 0 radical (unpaired) electrons. The summed E-state index contributed by atoms with van der Waals surface area (Å²) in [5.41, 5.74) is 0.807. The molecule has 3 heteroatoms. The van der Waals surface area contributed by atoms with E-state index in [9.17, 15) is 4.79 Å². The molecular formula is C14H19NOS. The summed E-state index contributed by atoms with van der Waals surface area (Å²) >= 11 is 1.99. The first kappa shape index (κ1) is 12.5. The van der Waals surface area contributed by atoms with Gasteiger partial charge in [-0.3, -0.25) is 4.79 Å². The van der Waals surface area contributed by atoms with Gasteiger partial charge in [0.1, 0.15) is 0 Å². The summed E-state index contributed by atoms with van der Waals surface area (Å²) in [6, 6.07) is 9.58. The maximum Gasteiger partial charge on any atom is 0.253 e. The van der Waals surface area contributed by atoms with Gasteiger partial charge in [0.2, 0.25) is 0 Å². The average Bonchev–Trinajstić information content (AvgIpc) is 2.39. The Bertz CT molecular complexity index is 377. The van der Waals surface area contributed by atoms with Gasteiger partial charge in [-0.15, -0.1) is 0 Å². The molecule has 0 aromatic heterocycles.